The number of aromatic nitrogens is 4. The lowest BCUT2D eigenvalue weighted by molar-refractivity contribution is -0.113. The predicted molar refractivity (Wildman–Crippen MR) is 133 cm³/mol. The maximum absolute atomic E-state index is 13.5. The number of anilines is 1. The smallest absolute Gasteiger partial charge is 0.280 e. The van der Waals surface area contributed by atoms with E-state index in [4.69, 9.17) is 9.72 Å². The summed E-state index contributed by atoms with van der Waals surface area (Å²) in [4.78, 5) is 32.0. The van der Waals surface area contributed by atoms with Gasteiger partial charge in [0.25, 0.3) is 5.56 Å². The van der Waals surface area contributed by atoms with Crippen LogP contribution in [0.15, 0.2) is 51.7 Å². The van der Waals surface area contributed by atoms with Crippen molar-refractivity contribution in [3.05, 3.63) is 62.7 Å². The molecule has 0 radical (unpaired) electrons. The normalized spacial score (nSPS) is 11.1. The summed E-state index contributed by atoms with van der Waals surface area (Å²) >= 11 is 2.81. The average molecular weight is 484 g/mol. The number of carbonyl (C=O) groups excluding carboxylic acids is 1. The summed E-state index contributed by atoms with van der Waals surface area (Å²) in [7, 11) is 0. The van der Waals surface area contributed by atoms with Gasteiger partial charge in [-0.1, -0.05) is 30.0 Å². The lowest BCUT2D eigenvalue weighted by Gasteiger charge is -2.13. The highest BCUT2D eigenvalue weighted by Crippen LogP contribution is 2.25. The number of benzene rings is 1. The summed E-state index contributed by atoms with van der Waals surface area (Å²) in [6.07, 6.45) is 0. The van der Waals surface area contributed by atoms with Crippen LogP contribution in [0.1, 0.15) is 24.4 Å². The lowest BCUT2D eigenvalue weighted by atomic mass is 10.3. The number of nitrogens with zero attached hydrogens (tertiary/aromatic N) is 4. The molecule has 0 saturated carbocycles. The highest BCUT2D eigenvalue weighted by atomic mass is 32.2. The van der Waals surface area contributed by atoms with E-state index >= 15 is 0 Å². The largest absolute Gasteiger partial charge is 0.492 e. The Kier molecular flexibility index (Phi) is 7.14. The van der Waals surface area contributed by atoms with Gasteiger partial charge in [-0.15, -0.1) is 11.3 Å². The molecule has 8 nitrogen and oxygen atoms in total. The summed E-state index contributed by atoms with van der Waals surface area (Å²) in [5.41, 5.74) is 2.23. The fraction of sp³-hybridized carbons (Fsp3) is 0.304. The Morgan fingerprint density at radius 3 is 2.76 bits per heavy atom. The first-order chi connectivity index (χ1) is 16.0. The van der Waals surface area contributed by atoms with Gasteiger partial charge >= 0.3 is 0 Å². The van der Waals surface area contributed by atoms with Gasteiger partial charge in [0.2, 0.25) is 5.91 Å². The van der Waals surface area contributed by atoms with Crippen LogP contribution in [0.2, 0.25) is 0 Å². The van der Waals surface area contributed by atoms with Crippen LogP contribution in [0.25, 0.3) is 11.0 Å². The van der Waals surface area contributed by atoms with Crippen molar-refractivity contribution in [3.8, 4) is 5.75 Å². The molecule has 172 valence electrons. The molecule has 1 N–H and O–H groups in total. The summed E-state index contributed by atoms with van der Waals surface area (Å²) in [5.74, 6) is 0.518. The molecule has 0 unspecified atom stereocenters. The van der Waals surface area contributed by atoms with Gasteiger partial charge < -0.3 is 10.1 Å². The SMILES string of the molecule is CCOc1ccccc1NC(=O)CSc1nc2c(C)nn(CC)c2c(=O)n1Cc1cccs1. The summed E-state index contributed by atoms with van der Waals surface area (Å²) < 4.78 is 8.90. The van der Waals surface area contributed by atoms with Crippen LogP contribution in [-0.4, -0.2) is 37.6 Å². The van der Waals surface area contributed by atoms with E-state index in [0.29, 0.717) is 53.0 Å². The predicted octanol–water partition coefficient (Wildman–Crippen LogP) is 4.16. The molecule has 1 amide bonds. The molecule has 0 atom stereocenters. The van der Waals surface area contributed by atoms with E-state index < -0.39 is 0 Å². The fourth-order valence-electron chi connectivity index (χ4n) is 3.49. The third kappa shape index (κ3) is 4.96. The molecule has 1 aromatic carbocycles. The van der Waals surface area contributed by atoms with Crippen molar-refractivity contribution in [2.24, 2.45) is 0 Å². The van der Waals surface area contributed by atoms with Gasteiger partial charge in [0, 0.05) is 11.4 Å². The van der Waals surface area contributed by atoms with E-state index in [2.05, 4.69) is 10.4 Å². The first kappa shape index (κ1) is 23.1. The highest BCUT2D eigenvalue weighted by molar-refractivity contribution is 7.99. The standard InChI is InChI=1S/C23H25N5O3S2/c1-4-28-21-20(15(3)26-28)25-23(27(22(21)30)13-16-9-8-12-32-16)33-14-19(29)24-17-10-6-7-11-18(17)31-5-2/h6-12H,4-5,13-14H2,1-3H3,(H,24,29). The van der Waals surface area contributed by atoms with Crippen molar-refractivity contribution in [1.29, 1.82) is 0 Å². The van der Waals surface area contributed by atoms with Gasteiger partial charge in [-0.2, -0.15) is 5.10 Å². The summed E-state index contributed by atoms with van der Waals surface area (Å²) in [6, 6.07) is 11.2. The minimum Gasteiger partial charge on any atom is -0.492 e. The topological polar surface area (TPSA) is 91.0 Å². The Hall–Kier alpha value is -3.11. The second kappa shape index (κ2) is 10.2. The average Bonchev–Trinajstić information content (AvgIpc) is 3.43. The van der Waals surface area contributed by atoms with Crippen LogP contribution >= 0.6 is 23.1 Å². The zero-order chi connectivity index (χ0) is 23.4. The Labute approximate surface area is 199 Å². The number of para-hydroxylation sites is 2. The van der Waals surface area contributed by atoms with Crippen LogP contribution in [0, 0.1) is 6.92 Å². The van der Waals surface area contributed by atoms with E-state index in [1.165, 1.54) is 11.8 Å². The number of aryl methyl sites for hydroxylation is 2. The fourth-order valence-corrected chi connectivity index (χ4v) is 4.98. The molecule has 0 aliphatic heterocycles. The maximum atomic E-state index is 13.5. The number of fused-ring (bicyclic) bond motifs is 1. The van der Waals surface area contributed by atoms with Gasteiger partial charge in [-0.3, -0.25) is 18.8 Å². The van der Waals surface area contributed by atoms with E-state index in [9.17, 15) is 9.59 Å². The van der Waals surface area contributed by atoms with Gasteiger partial charge in [0.05, 0.1) is 30.3 Å². The molecule has 4 aromatic rings. The van der Waals surface area contributed by atoms with Gasteiger partial charge in [0.1, 0.15) is 11.3 Å². The maximum Gasteiger partial charge on any atom is 0.280 e. The number of carbonyl (C=O) groups is 1. The third-order valence-electron chi connectivity index (χ3n) is 4.97. The molecule has 10 heteroatoms. The number of thioether (sulfide) groups is 1. The van der Waals surface area contributed by atoms with Crippen molar-refractivity contribution in [2.75, 3.05) is 17.7 Å². The summed E-state index contributed by atoms with van der Waals surface area (Å²) in [6.45, 7) is 7.16. The van der Waals surface area contributed by atoms with Gasteiger partial charge in [-0.25, -0.2) is 4.98 Å². The quantitative estimate of drug-likeness (QED) is 0.284. The van der Waals surface area contributed by atoms with Crippen LogP contribution in [-0.2, 0) is 17.9 Å². The van der Waals surface area contributed by atoms with E-state index in [-0.39, 0.29) is 17.2 Å². The molecule has 0 spiro atoms. The molecule has 0 fully saturated rings. The third-order valence-corrected chi connectivity index (χ3v) is 6.81. The van der Waals surface area contributed by atoms with Crippen LogP contribution < -0.4 is 15.6 Å². The van der Waals surface area contributed by atoms with Gasteiger partial charge in [0.15, 0.2) is 10.7 Å². The first-order valence-corrected chi connectivity index (χ1v) is 12.5. The van der Waals surface area contributed by atoms with E-state index in [1.807, 2.05) is 56.5 Å². The number of hydrogen-bond donors (Lipinski definition) is 1. The second-order valence-corrected chi connectivity index (χ2v) is 9.20. The Morgan fingerprint density at radius 1 is 1.21 bits per heavy atom. The molecule has 3 aromatic heterocycles. The number of amides is 1. The van der Waals surface area contributed by atoms with Crippen LogP contribution in [0.3, 0.4) is 0 Å². The number of thiophene rings is 1. The Morgan fingerprint density at radius 2 is 2.03 bits per heavy atom. The molecular formula is C23H25N5O3S2. The minimum absolute atomic E-state index is 0.101. The number of rotatable bonds is 9. The van der Waals surface area contributed by atoms with Crippen molar-refractivity contribution in [2.45, 2.75) is 39.0 Å². The summed E-state index contributed by atoms with van der Waals surface area (Å²) in [5, 5.41) is 9.83. The highest BCUT2D eigenvalue weighted by Gasteiger charge is 2.19. The minimum atomic E-state index is -0.204. The zero-order valence-corrected chi connectivity index (χ0v) is 20.3. The number of hydrogen-bond acceptors (Lipinski definition) is 7. The first-order valence-electron chi connectivity index (χ1n) is 10.7. The van der Waals surface area contributed by atoms with Crippen molar-refractivity contribution in [1.82, 2.24) is 19.3 Å². The molecule has 0 saturated heterocycles. The monoisotopic (exact) mass is 483 g/mol. The molecule has 0 aliphatic rings. The van der Waals surface area contributed by atoms with E-state index in [0.717, 1.165) is 4.88 Å². The van der Waals surface area contributed by atoms with E-state index in [1.54, 1.807) is 26.7 Å². The van der Waals surface area contributed by atoms with Crippen molar-refractivity contribution >= 4 is 45.7 Å². The molecule has 4 rings (SSSR count). The molecule has 0 bridgehead atoms. The Balaban J connectivity index is 1.63. The van der Waals surface area contributed by atoms with Crippen molar-refractivity contribution in [3.63, 3.8) is 0 Å². The van der Waals surface area contributed by atoms with Gasteiger partial charge in [-0.05, 0) is 44.4 Å². The molecule has 33 heavy (non-hydrogen) atoms. The number of ether oxygens (including phenoxy) is 1. The van der Waals surface area contributed by atoms with Crippen LogP contribution in [0.5, 0.6) is 5.75 Å². The van der Waals surface area contributed by atoms with Crippen LogP contribution in [0.4, 0.5) is 5.69 Å². The second-order valence-electron chi connectivity index (χ2n) is 7.23. The number of nitrogens with one attached hydrogen (secondary N) is 1. The molecular weight excluding hydrogens is 458 g/mol. The zero-order valence-electron chi connectivity index (χ0n) is 18.7. The lowest BCUT2D eigenvalue weighted by Crippen LogP contribution is -2.26. The van der Waals surface area contributed by atoms with Crippen molar-refractivity contribution < 1.29 is 9.53 Å². The molecule has 3 heterocycles. The molecule has 0 aliphatic carbocycles. The Bertz CT molecular complexity index is 1330.